The molecule has 0 spiro atoms. The van der Waals surface area contributed by atoms with E-state index in [4.69, 9.17) is 0 Å². The van der Waals surface area contributed by atoms with Crippen molar-refractivity contribution in [2.24, 2.45) is 0 Å². The van der Waals surface area contributed by atoms with E-state index in [1.807, 2.05) is 0 Å². The fourth-order valence-corrected chi connectivity index (χ4v) is 2.16. The van der Waals surface area contributed by atoms with Crippen molar-refractivity contribution in [2.45, 2.75) is 25.9 Å². The van der Waals surface area contributed by atoms with E-state index in [0.29, 0.717) is 0 Å². The van der Waals surface area contributed by atoms with Gasteiger partial charge in [0.15, 0.2) is 0 Å². The summed E-state index contributed by atoms with van der Waals surface area (Å²) >= 11 is 0. The number of hydrogen-bond acceptors (Lipinski definition) is 2. The maximum atomic E-state index is 2.60. The molecule has 2 atom stereocenters. The fraction of sp³-hybridized carbons (Fsp3) is 1.00. The molecule has 3 fully saturated rings. The van der Waals surface area contributed by atoms with Gasteiger partial charge in [-0.3, -0.25) is 9.80 Å². The molecule has 58 valence electrons. The molecule has 0 aromatic carbocycles. The van der Waals surface area contributed by atoms with Crippen LogP contribution in [0.4, 0.5) is 0 Å². The van der Waals surface area contributed by atoms with Gasteiger partial charge in [0.05, 0.1) is 0 Å². The first-order valence-corrected chi connectivity index (χ1v) is 4.27. The van der Waals surface area contributed by atoms with Crippen molar-refractivity contribution in [3.8, 4) is 0 Å². The molecule has 0 aliphatic carbocycles. The van der Waals surface area contributed by atoms with Crippen LogP contribution in [0.15, 0.2) is 0 Å². The lowest BCUT2D eigenvalue weighted by atomic mass is 10.0. The molecular formula is C8H16N2. The number of piperazine rings is 3. The maximum absolute atomic E-state index is 2.60. The van der Waals surface area contributed by atoms with Crippen molar-refractivity contribution in [3.05, 3.63) is 0 Å². The number of nitrogens with zero attached hydrogens (tertiary/aromatic N) is 2. The molecule has 0 saturated carbocycles. The molecule has 3 aliphatic rings. The summed E-state index contributed by atoms with van der Waals surface area (Å²) in [5, 5.41) is 0. The molecule has 2 heteroatoms. The van der Waals surface area contributed by atoms with Crippen LogP contribution in [0.2, 0.25) is 0 Å². The van der Waals surface area contributed by atoms with Crippen molar-refractivity contribution in [3.63, 3.8) is 0 Å². The molecule has 3 aliphatic heterocycles. The first kappa shape index (κ1) is 6.62. The van der Waals surface area contributed by atoms with Crippen LogP contribution in [0.1, 0.15) is 13.8 Å². The van der Waals surface area contributed by atoms with E-state index in [2.05, 4.69) is 23.6 Å². The average molecular weight is 140 g/mol. The topological polar surface area (TPSA) is 6.48 Å². The minimum absolute atomic E-state index is 0.794. The number of fused-ring (bicyclic) bond motifs is 3. The van der Waals surface area contributed by atoms with Crippen molar-refractivity contribution in [1.29, 1.82) is 0 Å². The van der Waals surface area contributed by atoms with Gasteiger partial charge in [-0.05, 0) is 13.8 Å². The highest BCUT2D eigenvalue weighted by atomic mass is 15.4. The fourth-order valence-electron chi connectivity index (χ4n) is 2.16. The van der Waals surface area contributed by atoms with Gasteiger partial charge >= 0.3 is 0 Å². The molecule has 0 amide bonds. The average Bonchev–Trinajstić information content (AvgIpc) is 2.00. The molecule has 2 bridgehead atoms. The summed E-state index contributed by atoms with van der Waals surface area (Å²) in [4.78, 5) is 5.20. The van der Waals surface area contributed by atoms with E-state index < -0.39 is 0 Å². The van der Waals surface area contributed by atoms with Crippen molar-refractivity contribution >= 4 is 0 Å². The molecule has 0 radical (unpaired) electrons. The Morgan fingerprint density at radius 2 is 1.10 bits per heavy atom. The van der Waals surface area contributed by atoms with Crippen LogP contribution in [0.3, 0.4) is 0 Å². The summed E-state index contributed by atoms with van der Waals surface area (Å²) in [7, 11) is 0. The predicted molar refractivity (Wildman–Crippen MR) is 42.1 cm³/mol. The molecule has 0 aromatic rings. The Bertz CT molecular complexity index is 107. The van der Waals surface area contributed by atoms with Gasteiger partial charge in [0, 0.05) is 38.3 Å². The van der Waals surface area contributed by atoms with Crippen LogP contribution in [0.25, 0.3) is 0 Å². The first-order valence-electron chi connectivity index (χ1n) is 4.27. The van der Waals surface area contributed by atoms with Crippen LogP contribution in [0, 0.1) is 0 Å². The van der Waals surface area contributed by atoms with Gasteiger partial charge in [-0.15, -0.1) is 0 Å². The molecule has 2 unspecified atom stereocenters. The quantitative estimate of drug-likeness (QED) is 0.480. The third-order valence-electron chi connectivity index (χ3n) is 3.20. The van der Waals surface area contributed by atoms with E-state index in [9.17, 15) is 0 Å². The van der Waals surface area contributed by atoms with Gasteiger partial charge in [0.25, 0.3) is 0 Å². The third-order valence-corrected chi connectivity index (χ3v) is 3.20. The summed E-state index contributed by atoms with van der Waals surface area (Å²) in [5.74, 6) is 0. The van der Waals surface area contributed by atoms with Gasteiger partial charge in [0.1, 0.15) is 0 Å². The van der Waals surface area contributed by atoms with E-state index in [1.54, 1.807) is 0 Å². The second-order valence-electron chi connectivity index (χ2n) is 3.55. The molecule has 10 heavy (non-hydrogen) atoms. The van der Waals surface area contributed by atoms with Gasteiger partial charge in [0.2, 0.25) is 0 Å². The summed E-state index contributed by atoms with van der Waals surface area (Å²) in [6, 6.07) is 1.59. The molecule has 3 heterocycles. The Kier molecular flexibility index (Phi) is 1.46. The molecule has 0 aromatic heterocycles. The summed E-state index contributed by atoms with van der Waals surface area (Å²) in [6.45, 7) is 9.88. The summed E-state index contributed by atoms with van der Waals surface area (Å²) in [5.41, 5.74) is 0. The zero-order chi connectivity index (χ0) is 7.14. The number of rotatable bonds is 0. The van der Waals surface area contributed by atoms with Gasteiger partial charge in [-0.2, -0.15) is 0 Å². The standard InChI is InChI=1S/C8H16N2/c1-7-8(2)10-5-3-9(7)4-6-10/h7-8H,3-6H2,1-2H3. The highest BCUT2D eigenvalue weighted by Crippen LogP contribution is 2.20. The minimum atomic E-state index is 0.794. The summed E-state index contributed by atoms with van der Waals surface area (Å²) in [6.07, 6.45) is 0. The SMILES string of the molecule is CC1C(C)N2CCN1CC2. The Hall–Kier alpha value is -0.0800. The first-order chi connectivity index (χ1) is 4.79. The summed E-state index contributed by atoms with van der Waals surface area (Å²) < 4.78 is 0. The van der Waals surface area contributed by atoms with Crippen molar-refractivity contribution in [1.82, 2.24) is 9.80 Å². The highest BCUT2D eigenvalue weighted by molar-refractivity contribution is 4.91. The lowest BCUT2D eigenvalue weighted by Crippen LogP contribution is -2.64. The molecule has 3 saturated heterocycles. The molecule has 2 nitrogen and oxygen atoms in total. The van der Waals surface area contributed by atoms with E-state index >= 15 is 0 Å². The number of hydrogen-bond donors (Lipinski definition) is 0. The molecule has 3 rings (SSSR count). The Morgan fingerprint density at radius 3 is 1.30 bits per heavy atom. The zero-order valence-corrected chi connectivity index (χ0v) is 6.88. The minimum Gasteiger partial charge on any atom is -0.297 e. The Balaban J connectivity index is 2.13. The van der Waals surface area contributed by atoms with Gasteiger partial charge < -0.3 is 0 Å². The largest absolute Gasteiger partial charge is 0.297 e. The van der Waals surface area contributed by atoms with Crippen LogP contribution in [-0.4, -0.2) is 48.1 Å². The predicted octanol–water partition coefficient (Wildman–Crippen LogP) is 0.395. The van der Waals surface area contributed by atoms with Gasteiger partial charge in [-0.1, -0.05) is 0 Å². The van der Waals surface area contributed by atoms with Crippen LogP contribution >= 0.6 is 0 Å². The highest BCUT2D eigenvalue weighted by Gasteiger charge is 2.34. The Labute approximate surface area is 62.8 Å². The second-order valence-corrected chi connectivity index (χ2v) is 3.55. The monoisotopic (exact) mass is 140 g/mol. The van der Waals surface area contributed by atoms with Crippen LogP contribution in [0.5, 0.6) is 0 Å². The van der Waals surface area contributed by atoms with Crippen LogP contribution < -0.4 is 0 Å². The van der Waals surface area contributed by atoms with E-state index in [0.717, 1.165) is 12.1 Å². The molecular weight excluding hydrogens is 124 g/mol. The Morgan fingerprint density at radius 1 is 0.800 bits per heavy atom. The van der Waals surface area contributed by atoms with Crippen molar-refractivity contribution in [2.75, 3.05) is 26.2 Å². The zero-order valence-electron chi connectivity index (χ0n) is 6.88. The second kappa shape index (κ2) is 2.21. The normalized spacial score (nSPS) is 53.4. The van der Waals surface area contributed by atoms with Crippen molar-refractivity contribution < 1.29 is 0 Å². The van der Waals surface area contributed by atoms with E-state index in [1.165, 1.54) is 26.2 Å². The third kappa shape index (κ3) is 0.789. The molecule has 0 N–H and O–H groups in total. The van der Waals surface area contributed by atoms with Gasteiger partial charge in [-0.25, -0.2) is 0 Å². The lowest BCUT2D eigenvalue weighted by Gasteiger charge is -2.50. The lowest BCUT2D eigenvalue weighted by molar-refractivity contribution is -0.0218. The van der Waals surface area contributed by atoms with E-state index in [-0.39, 0.29) is 0 Å². The smallest absolute Gasteiger partial charge is 0.0221 e. The maximum Gasteiger partial charge on any atom is 0.0221 e. The van der Waals surface area contributed by atoms with Crippen LogP contribution in [-0.2, 0) is 0 Å².